The van der Waals surface area contributed by atoms with E-state index in [1.807, 2.05) is 0 Å². The normalized spacial score (nSPS) is 15.5. The van der Waals surface area contributed by atoms with Gasteiger partial charge in [-0.3, -0.25) is 9.59 Å². The number of nitrogens with one attached hydrogen (secondary N) is 2. The zero-order valence-electron chi connectivity index (χ0n) is 18.9. The molecule has 1 aliphatic heterocycles. The molecule has 0 unspecified atom stereocenters. The number of carbonyl (C=O) groups is 3. The molecule has 1 aromatic carbocycles. The number of esters is 1. The molecule has 0 aliphatic carbocycles. The number of ether oxygens (including phenoxy) is 2. The van der Waals surface area contributed by atoms with Crippen molar-refractivity contribution in [2.24, 2.45) is 5.92 Å². The Morgan fingerprint density at radius 3 is 2.35 bits per heavy atom. The van der Waals surface area contributed by atoms with Crippen LogP contribution >= 0.6 is 0 Å². The Morgan fingerprint density at radius 2 is 1.76 bits per heavy atom. The highest BCUT2D eigenvalue weighted by Crippen LogP contribution is 2.19. The maximum absolute atomic E-state index is 12.7. The van der Waals surface area contributed by atoms with Crippen LogP contribution in [0.25, 0.3) is 0 Å². The van der Waals surface area contributed by atoms with Gasteiger partial charge in [-0.1, -0.05) is 13.8 Å². The van der Waals surface area contributed by atoms with Crippen LogP contribution in [-0.4, -0.2) is 69.5 Å². The van der Waals surface area contributed by atoms with E-state index in [1.165, 1.54) is 40.9 Å². The molecule has 1 fully saturated rings. The first-order chi connectivity index (χ1) is 16.2. The van der Waals surface area contributed by atoms with E-state index in [-0.39, 0.29) is 29.7 Å². The number of carbonyl (C=O) groups excluding carboxylic acids is 3. The lowest BCUT2D eigenvalue weighted by atomic mass is 10.0. The average Bonchev–Trinajstić information content (AvgIpc) is 3.37. The predicted molar refractivity (Wildman–Crippen MR) is 120 cm³/mol. The quantitative estimate of drug-likeness (QED) is 0.497. The van der Waals surface area contributed by atoms with Crippen LogP contribution in [0.4, 0.5) is 5.69 Å². The summed E-state index contributed by atoms with van der Waals surface area (Å²) >= 11 is 0. The van der Waals surface area contributed by atoms with Crippen LogP contribution in [0.5, 0.6) is 0 Å². The molecule has 2 N–H and O–H groups in total. The first-order valence-corrected chi connectivity index (χ1v) is 12.1. The summed E-state index contributed by atoms with van der Waals surface area (Å²) in [6.07, 6.45) is 1.34. The summed E-state index contributed by atoms with van der Waals surface area (Å²) in [5, 5.41) is 5.07. The third kappa shape index (κ3) is 6.43. The lowest BCUT2D eigenvalue weighted by Gasteiger charge is -2.26. The number of amides is 2. The van der Waals surface area contributed by atoms with Crippen molar-refractivity contribution in [2.75, 3.05) is 38.2 Å². The van der Waals surface area contributed by atoms with Gasteiger partial charge in [-0.2, -0.15) is 4.31 Å². The second kappa shape index (κ2) is 11.3. The van der Waals surface area contributed by atoms with Crippen molar-refractivity contribution in [1.29, 1.82) is 0 Å². The van der Waals surface area contributed by atoms with E-state index in [0.717, 1.165) is 0 Å². The molecule has 11 nitrogen and oxygen atoms in total. The summed E-state index contributed by atoms with van der Waals surface area (Å²) in [7, 11) is -3.64. The van der Waals surface area contributed by atoms with Crippen LogP contribution in [0.15, 0.2) is 52.0 Å². The van der Waals surface area contributed by atoms with E-state index in [0.29, 0.717) is 18.9 Å². The fourth-order valence-corrected chi connectivity index (χ4v) is 4.60. The molecular formula is C22H27N3O8S. The Balaban J connectivity index is 1.52. The lowest BCUT2D eigenvalue weighted by Crippen LogP contribution is -2.45. The number of morpholine rings is 1. The summed E-state index contributed by atoms with van der Waals surface area (Å²) in [5.41, 5.74) is 0.341. The van der Waals surface area contributed by atoms with Crippen LogP contribution in [0.1, 0.15) is 24.4 Å². The molecule has 1 aromatic heterocycles. The Labute approximate surface area is 197 Å². The van der Waals surface area contributed by atoms with Gasteiger partial charge >= 0.3 is 5.97 Å². The van der Waals surface area contributed by atoms with Crippen molar-refractivity contribution >= 4 is 33.5 Å². The van der Waals surface area contributed by atoms with E-state index in [1.54, 1.807) is 19.9 Å². The van der Waals surface area contributed by atoms with E-state index < -0.39 is 40.5 Å². The van der Waals surface area contributed by atoms with Gasteiger partial charge in [0.2, 0.25) is 10.0 Å². The van der Waals surface area contributed by atoms with Gasteiger partial charge in [0.1, 0.15) is 6.04 Å². The third-order valence-corrected chi connectivity index (χ3v) is 6.96. The average molecular weight is 494 g/mol. The molecule has 34 heavy (non-hydrogen) atoms. The third-order valence-electron chi connectivity index (χ3n) is 5.04. The molecule has 3 rings (SSSR count). The minimum absolute atomic E-state index is 0.0512. The minimum Gasteiger partial charge on any atom is -0.459 e. The van der Waals surface area contributed by atoms with Crippen LogP contribution in [0.2, 0.25) is 0 Å². The molecule has 2 aromatic rings. The predicted octanol–water partition coefficient (Wildman–Crippen LogP) is 1.24. The van der Waals surface area contributed by atoms with E-state index >= 15 is 0 Å². The molecule has 1 saturated heterocycles. The largest absolute Gasteiger partial charge is 0.459 e. The van der Waals surface area contributed by atoms with Gasteiger partial charge in [-0.25, -0.2) is 13.2 Å². The molecule has 0 bridgehead atoms. The zero-order valence-corrected chi connectivity index (χ0v) is 19.7. The Morgan fingerprint density at radius 1 is 1.09 bits per heavy atom. The molecule has 12 heteroatoms. The van der Waals surface area contributed by atoms with Crippen LogP contribution in [0, 0.1) is 5.92 Å². The van der Waals surface area contributed by atoms with Crippen molar-refractivity contribution in [1.82, 2.24) is 9.62 Å². The van der Waals surface area contributed by atoms with Crippen molar-refractivity contribution < 1.29 is 36.7 Å². The van der Waals surface area contributed by atoms with Crippen LogP contribution in [0.3, 0.4) is 0 Å². The molecule has 0 spiro atoms. The topological polar surface area (TPSA) is 144 Å². The molecule has 1 aliphatic rings. The van der Waals surface area contributed by atoms with Gasteiger partial charge in [0.05, 0.1) is 24.4 Å². The number of hydrogen-bond acceptors (Lipinski definition) is 8. The first kappa shape index (κ1) is 25.4. The highest BCUT2D eigenvalue weighted by molar-refractivity contribution is 7.89. The summed E-state index contributed by atoms with van der Waals surface area (Å²) in [6, 6.07) is 7.72. The molecule has 1 atom stereocenters. The van der Waals surface area contributed by atoms with Gasteiger partial charge in [-0.05, 0) is 42.3 Å². The van der Waals surface area contributed by atoms with Crippen molar-refractivity contribution in [3.8, 4) is 0 Å². The zero-order chi connectivity index (χ0) is 24.7. The molecule has 0 radical (unpaired) electrons. The van der Waals surface area contributed by atoms with Gasteiger partial charge in [-0.15, -0.1) is 0 Å². The molecule has 0 saturated carbocycles. The van der Waals surface area contributed by atoms with Gasteiger partial charge < -0.3 is 24.5 Å². The van der Waals surface area contributed by atoms with Crippen LogP contribution in [-0.2, 0) is 29.1 Å². The molecule has 2 amide bonds. The molecule has 2 heterocycles. The van der Waals surface area contributed by atoms with Gasteiger partial charge in [0, 0.05) is 18.8 Å². The highest BCUT2D eigenvalue weighted by Gasteiger charge is 2.28. The number of benzene rings is 1. The van der Waals surface area contributed by atoms with Gasteiger partial charge in [0.15, 0.2) is 12.4 Å². The number of nitrogens with zero attached hydrogens (tertiary/aromatic N) is 1. The fraction of sp³-hybridized carbons (Fsp3) is 0.409. The highest BCUT2D eigenvalue weighted by atomic mass is 32.2. The van der Waals surface area contributed by atoms with Crippen molar-refractivity contribution in [3.05, 3.63) is 48.4 Å². The fourth-order valence-electron chi connectivity index (χ4n) is 3.19. The maximum atomic E-state index is 12.7. The van der Waals surface area contributed by atoms with Gasteiger partial charge in [0.25, 0.3) is 11.8 Å². The second-order valence-corrected chi connectivity index (χ2v) is 9.81. The Kier molecular flexibility index (Phi) is 8.42. The maximum Gasteiger partial charge on any atom is 0.329 e. The lowest BCUT2D eigenvalue weighted by molar-refractivity contribution is -0.150. The number of sulfonamides is 1. The Bertz CT molecular complexity index is 1090. The monoisotopic (exact) mass is 493 g/mol. The summed E-state index contributed by atoms with van der Waals surface area (Å²) < 4.78 is 41.9. The van der Waals surface area contributed by atoms with Crippen LogP contribution < -0.4 is 10.6 Å². The molecule has 184 valence electrons. The molecular weight excluding hydrogens is 466 g/mol. The summed E-state index contributed by atoms with van der Waals surface area (Å²) in [5.74, 6) is -2.20. The van der Waals surface area contributed by atoms with E-state index in [9.17, 15) is 22.8 Å². The smallest absolute Gasteiger partial charge is 0.329 e. The van der Waals surface area contributed by atoms with Crippen molar-refractivity contribution in [3.63, 3.8) is 0 Å². The van der Waals surface area contributed by atoms with Crippen molar-refractivity contribution in [2.45, 2.75) is 24.8 Å². The number of furan rings is 1. The summed E-state index contributed by atoms with van der Waals surface area (Å²) in [6.45, 7) is 4.12. The van der Waals surface area contributed by atoms with E-state index in [4.69, 9.17) is 13.9 Å². The van der Waals surface area contributed by atoms with E-state index in [2.05, 4.69) is 10.6 Å². The minimum atomic E-state index is -3.64. The first-order valence-electron chi connectivity index (χ1n) is 10.7. The number of hydrogen-bond donors (Lipinski definition) is 2. The SMILES string of the molecule is CC(C)[C@H](NC(=O)c1ccco1)C(=O)OCC(=O)Nc1ccc(S(=O)(=O)N2CCOCC2)cc1. The Hall–Kier alpha value is -3.22. The number of rotatable bonds is 9. The summed E-state index contributed by atoms with van der Waals surface area (Å²) in [4.78, 5) is 36.9. The second-order valence-electron chi connectivity index (χ2n) is 7.87. The standard InChI is InChI=1S/C22H27N3O8S/c1-15(2)20(24-21(27)18-4-3-11-32-18)22(28)33-14-19(26)23-16-5-7-17(8-6-16)34(29,30)25-9-12-31-13-10-25/h3-8,11,15,20H,9-10,12-14H2,1-2H3,(H,23,26)(H,24,27)/t20-/m0/s1. The number of anilines is 1.